The molecule has 84 valence electrons. The van der Waals surface area contributed by atoms with Gasteiger partial charge < -0.3 is 19.5 Å². The number of nitrogens with one attached hydrogen (secondary N) is 1. The SMILES string of the molecule is COC(CN[C@@H](C)[C@@H]1CCOC1)OC. The molecule has 4 nitrogen and oxygen atoms in total. The van der Waals surface area contributed by atoms with Gasteiger partial charge >= 0.3 is 0 Å². The van der Waals surface area contributed by atoms with Crippen LogP contribution in [0.5, 0.6) is 0 Å². The average molecular weight is 203 g/mol. The van der Waals surface area contributed by atoms with Crippen molar-refractivity contribution in [2.45, 2.75) is 25.7 Å². The van der Waals surface area contributed by atoms with E-state index in [1.54, 1.807) is 14.2 Å². The Hall–Kier alpha value is -0.160. The molecule has 0 spiro atoms. The molecular formula is C10H21NO3. The smallest absolute Gasteiger partial charge is 0.169 e. The van der Waals surface area contributed by atoms with Crippen LogP contribution < -0.4 is 5.32 Å². The van der Waals surface area contributed by atoms with E-state index in [4.69, 9.17) is 14.2 Å². The van der Waals surface area contributed by atoms with Gasteiger partial charge in [-0.25, -0.2) is 0 Å². The van der Waals surface area contributed by atoms with Crippen molar-refractivity contribution in [3.63, 3.8) is 0 Å². The Kier molecular flexibility index (Phi) is 5.40. The second kappa shape index (κ2) is 6.35. The van der Waals surface area contributed by atoms with Gasteiger partial charge in [-0.15, -0.1) is 0 Å². The van der Waals surface area contributed by atoms with Gasteiger partial charge in [0.1, 0.15) is 0 Å². The molecule has 2 atom stereocenters. The molecule has 0 aromatic rings. The maximum Gasteiger partial charge on any atom is 0.169 e. The van der Waals surface area contributed by atoms with E-state index in [2.05, 4.69) is 12.2 Å². The number of hydrogen-bond donors (Lipinski definition) is 1. The highest BCUT2D eigenvalue weighted by molar-refractivity contribution is 4.75. The third-order valence-corrected chi connectivity index (χ3v) is 2.80. The minimum Gasteiger partial charge on any atom is -0.381 e. The van der Waals surface area contributed by atoms with Crippen molar-refractivity contribution in [1.29, 1.82) is 0 Å². The van der Waals surface area contributed by atoms with Crippen molar-refractivity contribution < 1.29 is 14.2 Å². The van der Waals surface area contributed by atoms with Gasteiger partial charge in [0, 0.05) is 33.4 Å². The summed E-state index contributed by atoms with van der Waals surface area (Å²) in [5.74, 6) is 0.629. The van der Waals surface area contributed by atoms with E-state index in [0.717, 1.165) is 26.2 Å². The zero-order chi connectivity index (χ0) is 10.4. The molecule has 1 saturated heterocycles. The minimum absolute atomic E-state index is 0.153. The largest absolute Gasteiger partial charge is 0.381 e. The first kappa shape index (κ1) is 11.9. The van der Waals surface area contributed by atoms with E-state index < -0.39 is 0 Å². The van der Waals surface area contributed by atoms with Gasteiger partial charge in [0.25, 0.3) is 0 Å². The third-order valence-electron chi connectivity index (χ3n) is 2.80. The van der Waals surface area contributed by atoms with Crippen molar-refractivity contribution in [3.05, 3.63) is 0 Å². The van der Waals surface area contributed by atoms with Crippen molar-refractivity contribution in [2.75, 3.05) is 34.0 Å². The Morgan fingerprint density at radius 1 is 1.43 bits per heavy atom. The van der Waals surface area contributed by atoms with E-state index in [0.29, 0.717) is 12.0 Å². The molecule has 0 saturated carbocycles. The second-order valence-corrected chi connectivity index (χ2v) is 3.72. The summed E-state index contributed by atoms with van der Waals surface area (Å²) in [7, 11) is 3.30. The van der Waals surface area contributed by atoms with Gasteiger partial charge in [-0.05, 0) is 19.3 Å². The quantitative estimate of drug-likeness (QED) is 0.642. The van der Waals surface area contributed by atoms with Gasteiger partial charge in [0.05, 0.1) is 6.61 Å². The number of rotatable bonds is 6. The molecule has 0 bridgehead atoms. The molecule has 0 amide bonds. The molecule has 0 unspecified atom stereocenters. The molecule has 1 N–H and O–H groups in total. The summed E-state index contributed by atoms with van der Waals surface area (Å²) < 4.78 is 15.5. The standard InChI is InChI=1S/C10H21NO3/c1-8(9-4-5-14-7-9)11-6-10(12-2)13-3/h8-11H,4-7H2,1-3H3/t8-,9+/m0/s1. The van der Waals surface area contributed by atoms with Crippen LogP contribution in [0.25, 0.3) is 0 Å². The van der Waals surface area contributed by atoms with Gasteiger partial charge in [-0.2, -0.15) is 0 Å². The van der Waals surface area contributed by atoms with E-state index in [9.17, 15) is 0 Å². The molecule has 1 aliphatic heterocycles. The fourth-order valence-corrected chi connectivity index (χ4v) is 1.66. The number of methoxy groups -OCH3 is 2. The Morgan fingerprint density at radius 3 is 2.64 bits per heavy atom. The predicted molar refractivity (Wildman–Crippen MR) is 54.2 cm³/mol. The Morgan fingerprint density at radius 2 is 2.14 bits per heavy atom. The lowest BCUT2D eigenvalue weighted by atomic mass is 10.0. The monoisotopic (exact) mass is 203 g/mol. The van der Waals surface area contributed by atoms with Crippen LogP contribution in [0.15, 0.2) is 0 Å². The van der Waals surface area contributed by atoms with Crippen molar-refractivity contribution in [1.82, 2.24) is 5.32 Å². The zero-order valence-corrected chi connectivity index (χ0v) is 9.29. The molecule has 0 aliphatic carbocycles. The van der Waals surface area contributed by atoms with Crippen LogP contribution in [-0.4, -0.2) is 46.3 Å². The zero-order valence-electron chi connectivity index (χ0n) is 9.29. The van der Waals surface area contributed by atoms with Crippen LogP contribution in [0.4, 0.5) is 0 Å². The maximum atomic E-state index is 5.34. The Bertz CT molecular complexity index is 144. The highest BCUT2D eigenvalue weighted by Gasteiger charge is 2.22. The lowest BCUT2D eigenvalue weighted by Gasteiger charge is -2.22. The first-order chi connectivity index (χ1) is 6.77. The first-order valence-electron chi connectivity index (χ1n) is 5.14. The summed E-state index contributed by atoms with van der Waals surface area (Å²) in [6.45, 7) is 4.68. The molecule has 1 rings (SSSR count). The maximum absolute atomic E-state index is 5.34. The summed E-state index contributed by atoms with van der Waals surface area (Å²) in [6, 6.07) is 0.463. The van der Waals surface area contributed by atoms with Crippen LogP contribution in [0.1, 0.15) is 13.3 Å². The van der Waals surface area contributed by atoms with Crippen molar-refractivity contribution >= 4 is 0 Å². The molecule has 14 heavy (non-hydrogen) atoms. The summed E-state index contributed by atoms with van der Waals surface area (Å²) in [5.41, 5.74) is 0. The summed E-state index contributed by atoms with van der Waals surface area (Å²) in [4.78, 5) is 0. The fraction of sp³-hybridized carbons (Fsp3) is 1.00. The highest BCUT2D eigenvalue weighted by Crippen LogP contribution is 2.16. The van der Waals surface area contributed by atoms with Crippen LogP contribution in [0.3, 0.4) is 0 Å². The van der Waals surface area contributed by atoms with Gasteiger partial charge in [-0.1, -0.05) is 0 Å². The van der Waals surface area contributed by atoms with Crippen LogP contribution in [0.2, 0.25) is 0 Å². The molecule has 4 heteroatoms. The van der Waals surface area contributed by atoms with Crippen LogP contribution >= 0.6 is 0 Å². The molecular weight excluding hydrogens is 182 g/mol. The van der Waals surface area contributed by atoms with E-state index in [1.165, 1.54) is 0 Å². The van der Waals surface area contributed by atoms with E-state index in [1.807, 2.05) is 0 Å². The molecule has 0 radical (unpaired) electrons. The first-order valence-corrected chi connectivity index (χ1v) is 5.14. The Labute approximate surface area is 85.9 Å². The van der Waals surface area contributed by atoms with Crippen LogP contribution in [-0.2, 0) is 14.2 Å². The van der Waals surface area contributed by atoms with E-state index in [-0.39, 0.29) is 6.29 Å². The number of hydrogen-bond acceptors (Lipinski definition) is 4. The Balaban J connectivity index is 2.15. The second-order valence-electron chi connectivity index (χ2n) is 3.72. The number of ether oxygens (including phenoxy) is 3. The normalized spacial score (nSPS) is 24.4. The molecule has 0 aromatic heterocycles. The topological polar surface area (TPSA) is 39.7 Å². The average Bonchev–Trinajstić information content (AvgIpc) is 2.72. The lowest BCUT2D eigenvalue weighted by Crippen LogP contribution is -2.39. The highest BCUT2D eigenvalue weighted by atomic mass is 16.7. The molecule has 1 aliphatic rings. The molecule has 1 fully saturated rings. The van der Waals surface area contributed by atoms with Crippen molar-refractivity contribution in [3.8, 4) is 0 Å². The minimum atomic E-state index is -0.153. The third kappa shape index (κ3) is 3.53. The van der Waals surface area contributed by atoms with E-state index >= 15 is 0 Å². The van der Waals surface area contributed by atoms with Gasteiger partial charge in [0.2, 0.25) is 0 Å². The summed E-state index contributed by atoms with van der Waals surface area (Å²) in [5, 5.41) is 3.40. The molecule has 0 aromatic carbocycles. The molecule has 1 heterocycles. The predicted octanol–water partition coefficient (Wildman–Crippen LogP) is 0.620. The summed E-state index contributed by atoms with van der Waals surface area (Å²) >= 11 is 0. The van der Waals surface area contributed by atoms with Gasteiger partial charge in [0.15, 0.2) is 6.29 Å². The van der Waals surface area contributed by atoms with Crippen LogP contribution in [0, 0.1) is 5.92 Å². The fourth-order valence-electron chi connectivity index (χ4n) is 1.66. The lowest BCUT2D eigenvalue weighted by molar-refractivity contribution is -0.100. The van der Waals surface area contributed by atoms with Gasteiger partial charge in [-0.3, -0.25) is 0 Å². The summed E-state index contributed by atoms with van der Waals surface area (Å²) in [6.07, 6.45) is 0.999. The van der Waals surface area contributed by atoms with Crippen molar-refractivity contribution in [2.24, 2.45) is 5.92 Å².